The van der Waals surface area contributed by atoms with Gasteiger partial charge in [0, 0.05) is 42.9 Å². The van der Waals surface area contributed by atoms with Gasteiger partial charge in [-0.15, -0.1) is 10.2 Å². The SMILES string of the molecule is O=C(NCCC1CCN(Cc2ccccc2)CC1)c1nnc(-c2ccc([N+](=O)[O-])cc2)o1.O=C(O)/C=C/C(=O)O. The number of amides is 1. The van der Waals surface area contributed by atoms with Crippen molar-refractivity contribution in [2.24, 2.45) is 5.92 Å². The van der Waals surface area contributed by atoms with E-state index in [1.165, 1.54) is 29.8 Å². The van der Waals surface area contributed by atoms with Crippen LogP contribution in [0.5, 0.6) is 0 Å². The maximum atomic E-state index is 12.3. The van der Waals surface area contributed by atoms with E-state index in [1.54, 1.807) is 0 Å². The number of rotatable bonds is 10. The van der Waals surface area contributed by atoms with E-state index >= 15 is 0 Å². The van der Waals surface area contributed by atoms with Crippen LogP contribution in [0.3, 0.4) is 0 Å². The molecule has 210 valence electrons. The van der Waals surface area contributed by atoms with E-state index in [-0.39, 0.29) is 17.5 Å². The summed E-state index contributed by atoms with van der Waals surface area (Å²) in [5.41, 5.74) is 1.83. The Hall–Kier alpha value is -4.91. The highest BCUT2D eigenvalue weighted by molar-refractivity contribution is 5.90. The van der Waals surface area contributed by atoms with E-state index in [1.807, 2.05) is 6.07 Å². The van der Waals surface area contributed by atoms with Crippen molar-refractivity contribution in [3.05, 3.63) is 88.3 Å². The van der Waals surface area contributed by atoms with Gasteiger partial charge >= 0.3 is 23.7 Å². The summed E-state index contributed by atoms with van der Waals surface area (Å²) in [5.74, 6) is -2.31. The molecular weight excluding hydrogens is 522 g/mol. The normalized spacial score (nSPS) is 13.8. The zero-order valence-corrected chi connectivity index (χ0v) is 21.5. The number of nitro groups is 1. The molecule has 0 saturated carbocycles. The zero-order chi connectivity index (χ0) is 28.9. The predicted molar refractivity (Wildman–Crippen MR) is 142 cm³/mol. The molecule has 0 bridgehead atoms. The Bertz CT molecular complexity index is 1300. The molecule has 13 heteroatoms. The highest BCUT2D eigenvalue weighted by Crippen LogP contribution is 2.23. The lowest BCUT2D eigenvalue weighted by molar-refractivity contribution is -0.384. The van der Waals surface area contributed by atoms with Crippen LogP contribution in [0.2, 0.25) is 0 Å². The number of carbonyl (C=O) groups is 3. The Balaban J connectivity index is 0.000000482. The molecule has 40 heavy (non-hydrogen) atoms. The molecule has 0 atom stereocenters. The number of carbonyl (C=O) groups excluding carboxylic acids is 1. The number of nitro benzene ring substituents is 1. The molecule has 2 heterocycles. The van der Waals surface area contributed by atoms with Crippen molar-refractivity contribution in [3.8, 4) is 11.5 Å². The predicted octanol–water partition coefficient (Wildman–Crippen LogP) is 3.39. The lowest BCUT2D eigenvalue weighted by Crippen LogP contribution is -2.34. The minimum atomic E-state index is -1.26. The van der Waals surface area contributed by atoms with Crippen LogP contribution in [0.1, 0.15) is 35.5 Å². The monoisotopic (exact) mass is 551 g/mol. The fourth-order valence-electron chi connectivity index (χ4n) is 4.04. The highest BCUT2D eigenvalue weighted by atomic mass is 16.6. The number of piperidine rings is 1. The van der Waals surface area contributed by atoms with Crippen LogP contribution < -0.4 is 5.32 Å². The quantitative estimate of drug-likeness (QED) is 0.190. The third-order valence-electron chi connectivity index (χ3n) is 6.11. The van der Waals surface area contributed by atoms with Gasteiger partial charge in [0.15, 0.2) is 0 Å². The third kappa shape index (κ3) is 9.76. The molecule has 0 radical (unpaired) electrons. The van der Waals surface area contributed by atoms with E-state index in [4.69, 9.17) is 14.6 Å². The van der Waals surface area contributed by atoms with E-state index in [0.29, 0.717) is 30.2 Å². The Morgan fingerprint density at radius 3 is 2.20 bits per heavy atom. The third-order valence-corrected chi connectivity index (χ3v) is 6.11. The number of hydrogen-bond acceptors (Lipinski definition) is 9. The average Bonchev–Trinajstić information content (AvgIpc) is 3.44. The Morgan fingerprint density at radius 2 is 1.62 bits per heavy atom. The number of nitrogens with one attached hydrogen (secondary N) is 1. The van der Waals surface area contributed by atoms with Crippen LogP contribution in [0, 0.1) is 16.0 Å². The molecule has 1 saturated heterocycles. The number of hydrogen-bond donors (Lipinski definition) is 3. The molecule has 1 aliphatic heterocycles. The van der Waals surface area contributed by atoms with Crippen LogP contribution in [0.25, 0.3) is 11.5 Å². The molecule has 2 aromatic carbocycles. The van der Waals surface area contributed by atoms with Crippen molar-refractivity contribution < 1.29 is 33.9 Å². The van der Waals surface area contributed by atoms with Crippen molar-refractivity contribution in [3.63, 3.8) is 0 Å². The number of nitrogens with zero attached hydrogens (tertiary/aromatic N) is 4. The highest BCUT2D eigenvalue weighted by Gasteiger charge is 2.20. The summed E-state index contributed by atoms with van der Waals surface area (Å²) in [6.07, 6.45) is 4.26. The molecule has 0 unspecified atom stereocenters. The van der Waals surface area contributed by atoms with Crippen molar-refractivity contribution in [2.75, 3.05) is 19.6 Å². The Kier molecular flexibility index (Phi) is 11.0. The number of carboxylic acids is 2. The van der Waals surface area contributed by atoms with Gasteiger partial charge in [-0.3, -0.25) is 19.8 Å². The maximum absolute atomic E-state index is 12.3. The summed E-state index contributed by atoms with van der Waals surface area (Å²) in [7, 11) is 0. The first-order chi connectivity index (χ1) is 19.2. The van der Waals surface area contributed by atoms with Gasteiger partial charge in [-0.25, -0.2) is 9.59 Å². The summed E-state index contributed by atoms with van der Waals surface area (Å²) < 4.78 is 5.43. The first-order valence-corrected chi connectivity index (χ1v) is 12.5. The largest absolute Gasteiger partial charge is 0.478 e. The number of aliphatic carboxylic acids is 2. The molecular formula is C27H29N5O8. The average molecular weight is 552 g/mol. The van der Waals surface area contributed by atoms with Crippen LogP contribution in [-0.2, 0) is 16.1 Å². The van der Waals surface area contributed by atoms with E-state index < -0.39 is 22.8 Å². The zero-order valence-electron chi connectivity index (χ0n) is 21.5. The van der Waals surface area contributed by atoms with Crippen molar-refractivity contribution in [2.45, 2.75) is 25.8 Å². The van der Waals surface area contributed by atoms with Gasteiger partial charge in [-0.1, -0.05) is 30.3 Å². The van der Waals surface area contributed by atoms with Gasteiger partial charge in [0.25, 0.3) is 5.69 Å². The number of non-ortho nitro benzene ring substituents is 1. The number of benzene rings is 2. The molecule has 4 rings (SSSR count). The molecule has 3 N–H and O–H groups in total. The number of likely N-dealkylation sites (tertiary alicyclic amines) is 1. The Labute approximate surface area is 229 Å². The first kappa shape index (κ1) is 29.6. The second-order valence-electron chi connectivity index (χ2n) is 8.98. The topological polar surface area (TPSA) is 189 Å². The molecule has 1 fully saturated rings. The fourth-order valence-corrected chi connectivity index (χ4v) is 4.04. The van der Waals surface area contributed by atoms with Gasteiger partial charge in [-0.2, -0.15) is 0 Å². The second-order valence-corrected chi connectivity index (χ2v) is 8.98. The molecule has 13 nitrogen and oxygen atoms in total. The smallest absolute Gasteiger partial charge is 0.328 e. The lowest BCUT2D eigenvalue weighted by atomic mass is 9.93. The van der Waals surface area contributed by atoms with Crippen LogP contribution in [0.15, 0.2) is 71.2 Å². The van der Waals surface area contributed by atoms with Crippen LogP contribution in [0.4, 0.5) is 5.69 Å². The van der Waals surface area contributed by atoms with E-state index in [2.05, 4.69) is 44.7 Å². The van der Waals surface area contributed by atoms with E-state index in [0.717, 1.165) is 38.9 Å². The van der Waals surface area contributed by atoms with Gasteiger partial charge in [0.1, 0.15) is 0 Å². The second kappa shape index (κ2) is 14.9. The molecule has 3 aromatic rings. The summed E-state index contributed by atoms with van der Waals surface area (Å²) in [6, 6.07) is 16.2. The minimum absolute atomic E-state index is 0.0304. The minimum Gasteiger partial charge on any atom is -0.478 e. The standard InChI is InChI=1S/C23H25N5O4.C4H4O4/c29-21(23-26-25-22(32-23)19-6-8-20(9-7-19)28(30)31)24-13-10-17-11-14-27(15-12-17)16-18-4-2-1-3-5-18;5-3(6)1-2-4(7)8/h1-9,17H,10-16H2,(H,24,29);1-2H,(H,5,6)(H,7,8)/b;2-1+. The van der Waals surface area contributed by atoms with Crippen LogP contribution in [-0.4, -0.2) is 67.7 Å². The summed E-state index contributed by atoms with van der Waals surface area (Å²) in [4.78, 5) is 44.2. The maximum Gasteiger partial charge on any atom is 0.328 e. The first-order valence-electron chi connectivity index (χ1n) is 12.5. The van der Waals surface area contributed by atoms with Crippen molar-refractivity contribution in [1.82, 2.24) is 20.4 Å². The van der Waals surface area contributed by atoms with Gasteiger partial charge in [-0.05, 0) is 56.0 Å². The number of aromatic nitrogens is 2. The van der Waals surface area contributed by atoms with Crippen molar-refractivity contribution in [1.29, 1.82) is 0 Å². The lowest BCUT2D eigenvalue weighted by Gasteiger charge is -2.32. The fraction of sp³-hybridized carbons (Fsp3) is 0.296. The van der Waals surface area contributed by atoms with Gasteiger partial charge in [0.2, 0.25) is 5.89 Å². The molecule has 0 aliphatic carbocycles. The summed E-state index contributed by atoms with van der Waals surface area (Å²) in [5, 5.41) is 36.9. The van der Waals surface area contributed by atoms with Crippen molar-refractivity contribution >= 4 is 23.5 Å². The van der Waals surface area contributed by atoms with Gasteiger partial charge < -0.3 is 19.9 Å². The molecule has 1 aromatic heterocycles. The van der Waals surface area contributed by atoms with Gasteiger partial charge in [0.05, 0.1) is 4.92 Å². The Morgan fingerprint density at radius 1 is 1.00 bits per heavy atom. The summed E-state index contributed by atoms with van der Waals surface area (Å²) >= 11 is 0. The number of carboxylic acid groups (broad SMARTS) is 2. The summed E-state index contributed by atoms with van der Waals surface area (Å²) in [6.45, 7) is 3.67. The molecule has 1 aliphatic rings. The van der Waals surface area contributed by atoms with Crippen LogP contribution >= 0.6 is 0 Å². The molecule has 0 spiro atoms. The van der Waals surface area contributed by atoms with E-state index in [9.17, 15) is 24.5 Å². The molecule has 1 amide bonds.